The molecule has 0 spiro atoms. The highest BCUT2D eigenvalue weighted by Gasteiger charge is 2.32. The van der Waals surface area contributed by atoms with Gasteiger partial charge in [0, 0.05) is 41.8 Å². The van der Waals surface area contributed by atoms with Crippen LogP contribution in [0.15, 0.2) is 43.0 Å². The molecule has 2 heterocycles. The third-order valence-corrected chi connectivity index (χ3v) is 6.69. The van der Waals surface area contributed by atoms with E-state index in [2.05, 4.69) is 30.9 Å². The van der Waals surface area contributed by atoms with Crippen LogP contribution in [0.3, 0.4) is 0 Å². The molecular formula is C27H38N8O6. The quantitative estimate of drug-likeness (QED) is 0.0963. The molecule has 1 aromatic carbocycles. The summed E-state index contributed by atoms with van der Waals surface area (Å²) in [5.74, 6) is -3.46. The van der Waals surface area contributed by atoms with Crippen molar-refractivity contribution in [2.24, 2.45) is 11.5 Å². The van der Waals surface area contributed by atoms with Gasteiger partial charge in [-0.1, -0.05) is 18.2 Å². The van der Waals surface area contributed by atoms with E-state index in [0.29, 0.717) is 30.6 Å². The first-order valence-electron chi connectivity index (χ1n) is 13.4. The Morgan fingerprint density at radius 1 is 0.976 bits per heavy atom. The number of unbranched alkanes of at least 4 members (excludes halogenated alkanes) is 1. The first-order valence-corrected chi connectivity index (χ1v) is 13.4. The Morgan fingerprint density at radius 3 is 2.37 bits per heavy atom. The van der Waals surface area contributed by atoms with Gasteiger partial charge in [-0.25, -0.2) is 9.78 Å². The summed E-state index contributed by atoms with van der Waals surface area (Å²) in [7, 11) is 0. The maximum Gasteiger partial charge on any atom is 0.326 e. The van der Waals surface area contributed by atoms with Gasteiger partial charge in [0.1, 0.15) is 18.1 Å². The lowest BCUT2D eigenvalue weighted by atomic mass is 10.0. The number of rotatable bonds is 16. The number of aromatic amines is 2. The van der Waals surface area contributed by atoms with E-state index in [1.807, 2.05) is 24.3 Å². The zero-order valence-corrected chi connectivity index (χ0v) is 22.8. The summed E-state index contributed by atoms with van der Waals surface area (Å²) >= 11 is 0. The van der Waals surface area contributed by atoms with Crippen molar-refractivity contribution in [1.82, 2.24) is 30.9 Å². The number of benzene rings is 1. The maximum atomic E-state index is 13.3. The van der Waals surface area contributed by atoms with E-state index >= 15 is 0 Å². The van der Waals surface area contributed by atoms with Crippen molar-refractivity contribution < 1.29 is 29.4 Å². The number of carbonyl (C=O) groups is 4. The lowest BCUT2D eigenvalue weighted by Gasteiger charge is -2.26. The van der Waals surface area contributed by atoms with Gasteiger partial charge in [0.25, 0.3) is 0 Å². The molecule has 5 atom stereocenters. The van der Waals surface area contributed by atoms with E-state index in [4.69, 9.17) is 11.5 Å². The number of nitrogens with two attached hydrogens (primary N) is 2. The second-order valence-electron chi connectivity index (χ2n) is 9.92. The van der Waals surface area contributed by atoms with Crippen molar-refractivity contribution in [2.45, 2.75) is 69.3 Å². The highest BCUT2D eigenvalue weighted by molar-refractivity contribution is 5.94. The minimum Gasteiger partial charge on any atom is -0.480 e. The van der Waals surface area contributed by atoms with Crippen LogP contribution in [-0.4, -0.2) is 85.7 Å². The van der Waals surface area contributed by atoms with Crippen molar-refractivity contribution >= 4 is 34.6 Å². The van der Waals surface area contributed by atoms with Gasteiger partial charge >= 0.3 is 5.97 Å². The third-order valence-electron chi connectivity index (χ3n) is 6.69. The zero-order chi connectivity index (χ0) is 29.9. The van der Waals surface area contributed by atoms with E-state index in [1.54, 1.807) is 6.20 Å². The molecule has 0 radical (unpaired) electrons. The minimum absolute atomic E-state index is 0.00906. The fraction of sp³-hybridized carbons (Fsp3) is 0.444. The number of amides is 3. The molecule has 0 saturated heterocycles. The fourth-order valence-corrected chi connectivity index (χ4v) is 4.41. The number of nitrogens with one attached hydrogen (secondary N) is 5. The summed E-state index contributed by atoms with van der Waals surface area (Å²) < 4.78 is 0. The van der Waals surface area contributed by atoms with E-state index in [1.165, 1.54) is 19.4 Å². The van der Waals surface area contributed by atoms with Gasteiger partial charge in [-0.2, -0.15) is 0 Å². The predicted octanol–water partition coefficient (Wildman–Crippen LogP) is -0.948. The molecule has 0 bridgehead atoms. The Labute approximate surface area is 236 Å². The monoisotopic (exact) mass is 570 g/mol. The fourth-order valence-electron chi connectivity index (χ4n) is 4.41. The summed E-state index contributed by atoms with van der Waals surface area (Å²) in [5, 5.41) is 28.5. The smallest absolute Gasteiger partial charge is 0.326 e. The topological polar surface area (TPSA) is 241 Å². The molecule has 41 heavy (non-hydrogen) atoms. The van der Waals surface area contributed by atoms with E-state index in [9.17, 15) is 29.4 Å². The zero-order valence-electron chi connectivity index (χ0n) is 22.8. The number of hydrogen-bond acceptors (Lipinski definition) is 8. The van der Waals surface area contributed by atoms with Gasteiger partial charge in [-0.05, 0) is 44.4 Å². The Bertz CT molecular complexity index is 1310. The Balaban J connectivity index is 1.70. The molecule has 5 unspecified atom stereocenters. The number of carboxylic acid groups (broad SMARTS) is 1. The first-order chi connectivity index (χ1) is 19.6. The standard InChI is InChI=1S/C27H38N8O6/c1-15(36)23(35-24(37)19(29)11-17-13-30-14-32-17)26(39)33-21(8-4-5-9-28)25(38)34-22(27(40)41)10-16-12-31-20-7-3-2-6-18(16)20/h2-3,6-7,12-15,19,21-23,31,36H,4-5,8-11,28-29H2,1H3,(H,30,32)(H,33,39)(H,34,38)(H,35,37)(H,40,41). The van der Waals surface area contributed by atoms with E-state index in [-0.39, 0.29) is 19.3 Å². The van der Waals surface area contributed by atoms with Crippen LogP contribution in [-0.2, 0) is 32.0 Å². The highest BCUT2D eigenvalue weighted by Crippen LogP contribution is 2.19. The van der Waals surface area contributed by atoms with Crippen LogP contribution in [0.1, 0.15) is 37.4 Å². The van der Waals surface area contributed by atoms with Crippen LogP contribution in [0.4, 0.5) is 0 Å². The lowest BCUT2D eigenvalue weighted by Crippen LogP contribution is -2.60. The predicted molar refractivity (Wildman–Crippen MR) is 150 cm³/mol. The van der Waals surface area contributed by atoms with E-state index in [0.717, 1.165) is 10.9 Å². The first kappa shape index (κ1) is 31.3. The van der Waals surface area contributed by atoms with Crippen LogP contribution in [0.25, 0.3) is 10.9 Å². The molecule has 0 saturated carbocycles. The van der Waals surface area contributed by atoms with Gasteiger partial charge in [-0.15, -0.1) is 0 Å². The summed E-state index contributed by atoms with van der Waals surface area (Å²) in [6.07, 6.45) is 4.66. The molecule has 3 rings (SSSR count). The second kappa shape index (κ2) is 14.9. The van der Waals surface area contributed by atoms with E-state index < -0.39 is 54.0 Å². The number of aliphatic carboxylic acids is 1. The number of aliphatic hydroxyl groups is 1. The molecule has 14 heteroatoms. The number of hydrogen-bond donors (Lipinski definition) is 9. The molecule has 11 N–H and O–H groups in total. The van der Waals surface area contributed by atoms with Gasteiger partial charge in [0.05, 0.1) is 18.5 Å². The number of nitrogens with zero attached hydrogens (tertiary/aromatic N) is 1. The molecule has 3 aromatic rings. The summed E-state index contributed by atoms with van der Waals surface area (Å²) in [6, 6.07) is 2.53. The Kier molecular flexibility index (Phi) is 11.4. The average Bonchev–Trinajstić information content (AvgIpc) is 3.60. The molecule has 0 aliphatic rings. The molecule has 3 amide bonds. The number of aromatic nitrogens is 3. The van der Waals surface area contributed by atoms with Gasteiger partial charge in [-0.3, -0.25) is 14.4 Å². The number of fused-ring (bicyclic) bond motifs is 1. The molecule has 0 aliphatic heterocycles. The van der Waals surface area contributed by atoms with Crippen molar-refractivity contribution in [3.8, 4) is 0 Å². The largest absolute Gasteiger partial charge is 0.480 e. The number of imidazole rings is 1. The van der Waals surface area contributed by atoms with Crippen molar-refractivity contribution in [1.29, 1.82) is 0 Å². The molecular weight excluding hydrogens is 532 g/mol. The summed E-state index contributed by atoms with van der Waals surface area (Å²) in [4.78, 5) is 60.9. The summed E-state index contributed by atoms with van der Waals surface area (Å²) in [6.45, 7) is 1.68. The van der Waals surface area contributed by atoms with Crippen molar-refractivity contribution in [3.63, 3.8) is 0 Å². The van der Waals surface area contributed by atoms with Gasteiger partial charge in [0.15, 0.2) is 0 Å². The van der Waals surface area contributed by atoms with Crippen LogP contribution in [0.5, 0.6) is 0 Å². The molecule has 0 aliphatic carbocycles. The second-order valence-corrected chi connectivity index (χ2v) is 9.92. The number of H-pyrrole nitrogens is 2. The van der Waals surface area contributed by atoms with Crippen LogP contribution in [0, 0.1) is 0 Å². The summed E-state index contributed by atoms with van der Waals surface area (Å²) in [5.41, 5.74) is 13.7. The normalized spacial score (nSPS) is 14.9. The number of aliphatic hydroxyl groups excluding tert-OH is 1. The Hall–Kier alpha value is -4.27. The molecule has 2 aromatic heterocycles. The molecule has 222 valence electrons. The highest BCUT2D eigenvalue weighted by atomic mass is 16.4. The van der Waals surface area contributed by atoms with Crippen LogP contribution >= 0.6 is 0 Å². The third kappa shape index (κ3) is 8.86. The lowest BCUT2D eigenvalue weighted by molar-refractivity contribution is -0.142. The number of carbonyl (C=O) groups excluding carboxylic acids is 3. The van der Waals surface area contributed by atoms with Crippen molar-refractivity contribution in [2.75, 3.05) is 6.54 Å². The van der Waals surface area contributed by atoms with Gasteiger partial charge < -0.3 is 47.6 Å². The van der Waals surface area contributed by atoms with Gasteiger partial charge in [0.2, 0.25) is 17.7 Å². The van der Waals surface area contributed by atoms with Crippen molar-refractivity contribution in [3.05, 3.63) is 54.2 Å². The number of para-hydroxylation sites is 1. The molecule has 14 nitrogen and oxygen atoms in total. The SMILES string of the molecule is CC(O)C(NC(=O)C(N)Cc1cnc[nH]1)C(=O)NC(CCCCN)C(=O)NC(Cc1c[nH]c2ccccc12)C(=O)O. The minimum atomic E-state index is -1.42. The number of carboxylic acids is 1. The average molecular weight is 571 g/mol. The Morgan fingerprint density at radius 2 is 1.71 bits per heavy atom. The van der Waals surface area contributed by atoms with Crippen LogP contribution < -0.4 is 27.4 Å². The maximum absolute atomic E-state index is 13.3. The molecule has 0 fully saturated rings. The van der Waals surface area contributed by atoms with Crippen LogP contribution in [0.2, 0.25) is 0 Å².